The number of rotatable bonds is 5. The Morgan fingerprint density at radius 1 is 1.14 bits per heavy atom. The lowest BCUT2D eigenvalue weighted by molar-refractivity contribution is 0.0903. The first kappa shape index (κ1) is 13.4. The van der Waals surface area contributed by atoms with Gasteiger partial charge in [0.25, 0.3) is 0 Å². The van der Waals surface area contributed by atoms with Crippen molar-refractivity contribution in [2.24, 2.45) is 0 Å². The fourth-order valence-electron chi connectivity index (χ4n) is 2.09. The lowest BCUT2D eigenvalue weighted by atomic mass is 10.1. The maximum Gasteiger partial charge on any atom is 0.150 e. The Morgan fingerprint density at radius 2 is 1.95 bits per heavy atom. The lowest BCUT2D eigenvalue weighted by Gasteiger charge is -2.09. The second-order valence-electron chi connectivity index (χ2n) is 4.70. The molecule has 3 rings (SSSR count). The van der Waals surface area contributed by atoms with Gasteiger partial charge in [-0.1, -0.05) is 18.2 Å². The minimum Gasteiger partial charge on any atom is -0.490 e. The second kappa shape index (κ2) is 5.81. The van der Waals surface area contributed by atoms with Gasteiger partial charge in [-0.15, -0.1) is 0 Å². The number of para-hydroxylation sites is 1. The molecule has 2 aromatic carbocycles. The van der Waals surface area contributed by atoms with E-state index in [4.69, 9.17) is 9.15 Å². The molecular weight excluding hydrogens is 268 g/mol. The highest BCUT2D eigenvalue weighted by atomic mass is 16.5. The van der Waals surface area contributed by atoms with E-state index >= 15 is 0 Å². The number of carbonyl (C=O) groups is 1. The zero-order valence-corrected chi connectivity index (χ0v) is 11.2. The number of aldehydes is 1. The summed E-state index contributed by atoms with van der Waals surface area (Å²) in [5.41, 5.74) is 1.21. The molecule has 21 heavy (non-hydrogen) atoms. The number of hydrogen-bond acceptors (Lipinski definition) is 4. The predicted molar refractivity (Wildman–Crippen MR) is 78.5 cm³/mol. The van der Waals surface area contributed by atoms with Gasteiger partial charge in [-0.3, -0.25) is 4.79 Å². The van der Waals surface area contributed by atoms with Gasteiger partial charge in [0, 0.05) is 10.9 Å². The number of hydrogen-bond donors (Lipinski definition) is 1. The molecule has 1 unspecified atom stereocenters. The zero-order valence-electron chi connectivity index (χ0n) is 11.2. The van der Waals surface area contributed by atoms with Crippen molar-refractivity contribution in [2.45, 2.75) is 6.10 Å². The van der Waals surface area contributed by atoms with Crippen LogP contribution in [0.4, 0.5) is 0 Å². The van der Waals surface area contributed by atoms with Crippen molar-refractivity contribution in [2.75, 3.05) is 6.61 Å². The average Bonchev–Trinajstić information content (AvgIpc) is 2.96. The predicted octanol–water partition coefficient (Wildman–Crippen LogP) is 3.36. The summed E-state index contributed by atoms with van der Waals surface area (Å²) in [5.74, 6) is 1.11. The zero-order chi connectivity index (χ0) is 14.7. The molecule has 0 bridgehead atoms. The third kappa shape index (κ3) is 2.95. The quantitative estimate of drug-likeness (QED) is 0.729. The fourth-order valence-corrected chi connectivity index (χ4v) is 2.09. The van der Waals surface area contributed by atoms with Gasteiger partial charge in [-0.2, -0.15) is 0 Å². The highest BCUT2D eigenvalue weighted by Crippen LogP contribution is 2.25. The molecule has 0 aliphatic heterocycles. The first-order valence-corrected chi connectivity index (χ1v) is 6.61. The third-order valence-corrected chi connectivity index (χ3v) is 3.17. The number of aliphatic hydroxyl groups excluding tert-OH is 1. The van der Waals surface area contributed by atoms with E-state index in [1.165, 1.54) is 0 Å². The first-order chi connectivity index (χ1) is 10.3. The van der Waals surface area contributed by atoms with Crippen molar-refractivity contribution in [1.82, 2.24) is 0 Å². The number of benzene rings is 2. The largest absolute Gasteiger partial charge is 0.490 e. The second-order valence-corrected chi connectivity index (χ2v) is 4.70. The van der Waals surface area contributed by atoms with E-state index in [0.29, 0.717) is 22.7 Å². The number of fused-ring (bicyclic) bond motifs is 1. The molecule has 4 nitrogen and oxygen atoms in total. The molecule has 1 atom stereocenters. The summed E-state index contributed by atoms with van der Waals surface area (Å²) >= 11 is 0. The van der Waals surface area contributed by atoms with E-state index in [2.05, 4.69) is 0 Å². The fraction of sp³-hybridized carbons (Fsp3) is 0.118. The van der Waals surface area contributed by atoms with Crippen LogP contribution < -0.4 is 4.74 Å². The summed E-state index contributed by atoms with van der Waals surface area (Å²) in [5, 5.41) is 10.9. The van der Waals surface area contributed by atoms with Crippen molar-refractivity contribution in [3.63, 3.8) is 0 Å². The molecule has 1 N–H and O–H groups in total. The van der Waals surface area contributed by atoms with E-state index in [0.717, 1.165) is 11.7 Å². The van der Waals surface area contributed by atoms with Crippen LogP contribution in [0.15, 0.2) is 59.0 Å². The molecule has 1 heterocycles. The molecule has 3 aromatic rings. The Kier molecular flexibility index (Phi) is 3.71. The summed E-state index contributed by atoms with van der Waals surface area (Å²) in [7, 11) is 0. The van der Waals surface area contributed by atoms with Gasteiger partial charge in [-0.05, 0) is 36.4 Å². The summed E-state index contributed by atoms with van der Waals surface area (Å²) in [6, 6.07) is 16.1. The van der Waals surface area contributed by atoms with Crippen molar-refractivity contribution < 1.29 is 19.1 Å². The highest BCUT2D eigenvalue weighted by Gasteiger charge is 2.14. The lowest BCUT2D eigenvalue weighted by Crippen LogP contribution is -2.08. The van der Waals surface area contributed by atoms with Gasteiger partial charge in [-0.25, -0.2) is 0 Å². The average molecular weight is 282 g/mol. The Hall–Kier alpha value is -2.59. The molecular formula is C17H14O4. The normalized spacial score (nSPS) is 12.2. The standard InChI is InChI=1S/C17H14O4/c18-10-12-6-7-16-13(8-12)9-17(21-16)15(19)11-20-14-4-2-1-3-5-14/h1-10,15,19H,11H2. The molecule has 4 heteroatoms. The summed E-state index contributed by atoms with van der Waals surface area (Å²) < 4.78 is 11.1. The molecule has 0 fully saturated rings. The molecule has 0 amide bonds. The molecule has 106 valence electrons. The number of ether oxygens (including phenoxy) is 1. The minimum atomic E-state index is -0.864. The maximum atomic E-state index is 10.8. The number of carbonyl (C=O) groups excluding carboxylic acids is 1. The van der Waals surface area contributed by atoms with Crippen LogP contribution in [-0.2, 0) is 0 Å². The number of aliphatic hydroxyl groups is 1. The van der Waals surface area contributed by atoms with Gasteiger partial charge in [0.15, 0.2) is 0 Å². The Balaban J connectivity index is 1.75. The SMILES string of the molecule is O=Cc1ccc2oc(C(O)COc3ccccc3)cc2c1. The van der Waals surface area contributed by atoms with Gasteiger partial charge >= 0.3 is 0 Å². The van der Waals surface area contributed by atoms with Crippen LogP contribution in [0.1, 0.15) is 22.2 Å². The molecule has 1 aromatic heterocycles. The van der Waals surface area contributed by atoms with Crippen molar-refractivity contribution >= 4 is 17.3 Å². The van der Waals surface area contributed by atoms with Crippen LogP contribution in [0, 0.1) is 0 Å². The summed E-state index contributed by atoms with van der Waals surface area (Å²) in [6.07, 6.45) is -0.0848. The molecule has 0 aliphatic rings. The molecule has 0 spiro atoms. The van der Waals surface area contributed by atoms with Crippen molar-refractivity contribution in [3.05, 3.63) is 65.9 Å². The van der Waals surface area contributed by atoms with E-state index in [-0.39, 0.29) is 6.61 Å². The molecule has 0 radical (unpaired) electrons. The topological polar surface area (TPSA) is 59.7 Å². The Bertz CT molecular complexity index is 746. The van der Waals surface area contributed by atoms with Crippen molar-refractivity contribution in [3.8, 4) is 5.75 Å². The molecule has 0 saturated heterocycles. The third-order valence-electron chi connectivity index (χ3n) is 3.17. The van der Waals surface area contributed by atoms with Gasteiger partial charge in [0.05, 0.1) is 0 Å². The summed E-state index contributed by atoms with van der Waals surface area (Å²) in [6.45, 7) is 0.102. The monoisotopic (exact) mass is 282 g/mol. The van der Waals surface area contributed by atoms with Crippen LogP contribution in [0.25, 0.3) is 11.0 Å². The van der Waals surface area contributed by atoms with E-state index in [1.54, 1.807) is 24.3 Å². The van der Waals surface area contributed by atoms with Crippen LogP contribution in [0.2, 0.25) is 0 Å². The van der Waals surface area contributed by atoms with E-state index in [9.17, 15) is 9.90 Å². The molecule has 0 saturated carbocycles. The summed E-state index contributed by atoms with van der Waals surface area (Å²) in [4.78, 5) is 10.8. The Labute approximate surface area is 121 Å². The van der Waals surface area contributed by atoms with Crippen LogP contribution in [-0.4, -0.2) is 18.0 Å². The van der Waals surface area contributed by atoms with E-state index in [1.807, 2.05) is 30.3 Å². The van der Waals surface area contributed by atoms with Crippen LogP contribution in [0.3, 0.4) is 0 Å². The van der Waals surface area contributed by atoms with Crippen molar-refractivity contribution in [1.29, 1.82) is 0 Å². The van der Waals surface area contributed by atoms with Gasteiger partial charge < -0.3 is 14.3 Å². The molecule has 0 aliphatic carbocycles. The van der Waals surface area contributed by atoms with Gasteiger partial charge in [0.1, 0.15) is 36.1 Å². The van der Waals surface area contributed by atoms with E-state index < -0.39 is 6.10 Å². The van der Waals surface area contributed by atoms with Gasteiger partial charge in [0.2, 0.25) is 0 Å². The smallest absolute Gasteiger partial charge is 0.150 e. The minimum absolute atomic E-state index is 0.102. The maximum absolute atomic E-state index is 10.8. The van der Waals surface area contributed by atoms with Crippen LogP contribution in [0.5, 0.6) is 5.75 Å². The van der Waals surface area contributed by atoms with Crippen LogP contribution >= 0.6 is 0 Å². The highest BCUT2D eigenvalue weighted by molar-refractivity contribution is 5.86. The Morgan fingerprint density at radius 3 is 2.71 bits per heavy atom. The first-order valence-electron chi connectivity index (χ1n) is 6.61. The number of furan rings is 1.